The number of phenols is 2. The van der Waals surface area contributed by atoms with Crippen LogP contribution >= 0.6 is 0 Å². The van der Waals surface area contributed by atoms with Crippen molar-refractivity contribution in [3.8, 4) is 11.5 Å². The topological polar surface area (TPSA) is 99.4 Å². The molecule has 0 spiro atoms. The Morgan fingerprint density at radius 1 is 0.636 bits per heavy atom. The van der Waals surface area contributed by atoms with Crippen LogP contribution in [0.3, 0.4) is 0 Å². The number of phenolic OH excluding ortho intramolecular Hbond substituents is 2. The second kappa shape index (κ2) is 11.3. The molecule has 4 unspecified atom stereocenters. The maximum Gasteiger partial charge on any atom is 0.115 e. The summed E-state index contributed by atoms with van der Waals surface area (Å²) in [7, 11) is 3.59. The fourth-order valence-corrected chi connectivity index (χ4v) is 11.6. The fourth-order valence-electron chi connectivity index (χ4n) is 11.6. The number of rotatable bonds is 2. The van der Waals surface area contributed by atoms with E-state index in [1.165, 1.54) is 22.3 Å². The Morgan fingerprint density at radius 3 is 1.43 bits per heavy atom. The van der Waals surface area contributed by atoms with Gasteiger partial charge >= 0.3 is 0 Å². The summed E-state index contributed by atoms with van der Waals surface area (Å²) in [6.07, 6.45) is 10.3. The Labute approximate surface area is 262 Å². The van der Waals surface area contributed by atoms with Crippen LogP contribution in [-0.2, 0) is 22.3 Å². The molecule has 0 heterocycles. The molecule has 12 atom stereocenters. The second-order valence-corrected chi connectivity index (χ2v) is 15.6. The third kappa shape index (κ3) is 4.65. The van der Waals surface area contributed by atoms with Crippen molar-refractivity contribution in [1.29, 1.82) is 0 Å². The zero-order chi connectivity index (χ0) is 31.0. The lowest BCUT2D eigenvalue weighted by molar-refractivity contribution is -0.0531. The summed E-state index contributed by atoms with van der Waals surface area (Å²) in [4.78, 5) is 0. The van der Waals surface area contributed by atoms with Gasteiger partial charge in [0, 0.05) is 27.1 Å². The first-order chi connectivity index (χ1) is 21.1. The van der Waals surface area contributed by atoms with E-state index in [1.54, 1.807) is 14.2 Å². The molecule has 6 nitrogen and oxygen atoms in total. The van der Waals surface area contributed by atoms with E-state index in [0.717, 1.165) is 64.2 Å². The molecule has 0 aromatic heterocycles. The lowest BCUT2D eigenvalue weighted by atomic mass is 9.55. The third-order valence-corrected chi connectivity index (χ3v) is 13.9. The van der Waals surface area contributed by atoms with Crippen molar-refractivity contribution in [2.45, 2.75) is 114 Å². The molecular weight excluding hydrogens is 552 g/mol. The van der Waals surface area contributed by atoms with Gasteiger partial charge in [0.25, 0.3) is 0 Å². The van der Waals surface area contributed by atoms with Crippen molar-refractivity contribution in [2.24, 2.45) is 34.5 Å². The molecule has 4 N–H and O–H groups in total. The van der Waals surface area contributed by atoms with E-state index < -0.39 is 0 Å². The molecule has 4 saturated carbocycles. The maximum atomic E-state index is 10.6. The Balaban J connectivity index is 0.000000142. The van der Waals surface area contributed by atoms with Crippen LogP contribution in [0.15, 0.2) is 36.4 Å². The van der Waals surface area contributed by atoms with Crippen LogP contribution < -0.4 is 0 Å². The normalized spacial score (nSPS) is 43.3. The van der Waals surface area contributed by atoms with Crippen LogP contribution in [-0.4, -0.2) is 59.1 Å². The highest BCUT2D eigenvalue weighted by molar-refractivity contribution is 5.41. The predicted octanol–water partition coefficient (Wildman–Crippen LogP) is 6.47. The van der Waals surface area contributed by atoms with Gasteiger partial charge in [0.1, 0.15) is 11.5 Å². The second-order valence-electron chi connectivity index (χ2n) is 15.6. The molecule has 44 heavy (non-hydrogen) atoms. The number of hydrogen-bond donors (Lipinski definition) is 4. The molecule has 6 heteroatoms. The Kier molecular flexibility index (Phi) is 7.83. The Hall–Kier alpha value is -2.12. The number of methoxy groups -OCH3 is 2. The number of aryl methyl sites for hydroxylation is 2. The lowest BCUT2D eigenvalue weighted by Crippen LogP contribution is -2.46. The van der Waals surface area contributed by atoms with Crippen LogP contribution in [0, 0.1) is 34.5 Å². The number of ether oxygens (including phenoxy) is 2. The molecule has 0 aliphatic heterocycles. The first kappa shape index (κ1) is 30.5. The van der Waals surface area contributed by atoms with E-state index in [-0.39, 0.29) is 35.2 Å². The maximum absolute atomic E-state index is 10.6. The standard InChI is InChI=1S/2C19H26O3/c2*1-19-8-7-14-13-6-4-12(20)9-11(13)3-5-15(14)18(19)16(22-2)10-17(19)21/h2*4,6,9,14-18,20-21H,3,5,7-8,10H2,1-2H3/t2*14-,15-,16?,17?,18-,19-/m11/s1. The number of hydrogen-bond acceptors (Lipinski definition) is 6. The van der Waals surface area contributed by atoms with E-state index in [9.17, 15) is 20.4 Å². The molecule has 240 valence electrons. The monoisotopic (exact) mass is 604 g/mol. The molecule has 0 amide bonds. The number of fused-ring (bicyclic) bond motifs is 10. The molecule has 6 aliphatic rings. The summed E-state index contributed by atoms with van der Waals surface area (Å²) in [6, 6.07) is 11.8. The highest BCUT2D eigenvalue weighted by atomic mass is 16.5. The quantitative estimate of drug-likeness (QED) is 0.314. The predicted molar refractivity (Wildman–Crippen MR) is 170 cm³/mol. The van der Waals surface area contributed by atoms with Crippen molar-refractivity contribution in [3.63, 3.8) is 0 Å². The van der Waals surface area contributed by atoms with Gasteiger partial charge in [-0.2, -0.15) is 0 Å². The minimum absolute atomic E-state index is 0.0102. The van der Waals surface area contributed by atoms with Crippen molar-refractivity contribution in [1.82, 2.24) is 0 Å². The van der Waals surface area contributed by atoms with Crippen molar-refractivity contribution >= 4 is 0 Å². The van der Waals surface area contributed by atoms with E-state index in [0.29, 0.717) is 47.0 Å². The lowest BCUT2D eigenvalue weighted by Gasteiger charge is -2.51. The van der Waals surface area contributed by atoms with Gasteiger partial charge in [-0.25, -0.2) is 0 Å². The number of benzene rings is 2. The highest BCUT2D eigenvalue weighted by Gasteiger charge is 2.60. The Morgan fingerprint density at radius 2 is 1.05 bits per heavy atom. The number of aromatic hydroxyl groups is 2. The van der Waals surface area contributed by atoms with Crippen molar-refractivity contribution in [3.05, 3.63) is 58.7 Å². The fraction of sp³-hybridized carbons (Fsp3) is 0.684. The molecule has 8 rings (SSSR count). The van der Waals surface area contributed by atoms with Crippen LogP contribution in [0.25, 0.3) is 0 Å². The summed E-state index contributed by atoms with van der Waals surface area (Å²) in [5.41, 5.74) is 5.50. The van der Waals surface area contributed by atoms with E-state index in [1.807, 2.05) is 24.3 Å². The van der Waals surface area contributed by atoms with Gasteiger partial charge in [-0.15, -0.1) is 0 Å². The van der Waals surface area contributed by atoms with Crippen molar-refractivity contribution in [2.75, 3.05) is 14.2 Å². The van der Waals surface area contributed by atoms with Gasteiger partial charge in [-0.05, 0) is 144 Å². The molecule has 0 saturated heterocycles. The zero-order valence-electron chi connectivity index (χ0n) is 26.9. The SMILES string of the molecule is COC1CC(O)[C@@]2(C)CC[C@@H]3c4ccc(O)cc4CC[C@H]3[C@H]12.COC1CC(O)[C@@]2(C)CC[C@@H]3c4ccc(O)cc4CC[C@H]3[C@H]12. The first-order valence-electron chi connectivity index (χ1n) is 17.1. The molecule has 2 aromatic rings. The number of aliphatic hydroxyl groups excluding tert-OH is 2. The smallest absolute Gasteiger partial charge is 0.115 e. The van der Waals surface area contributed by atoms with Gasteiger partial charge in [0.05, 0.1) is 24.4 Å². The molecular formula is C38H52O6. The van der Waals surface area contributed by atoms with Gasteiger partial charge in [-0.3, -0.25) is 0 Å². The number of aliphatic hydroxyl groups is 2. The van der Waals surface area contributed by atoms with Crippen LogP contribution in [0.5, 0.6) is 11.5 Å². The zero-order valence-corrected chi connectivity index (χ0v) is 26.9. The summed E-state index contributed by atoms with van der Waals surface area (Å²) < 4.78 is 11.5. The largest absolute Gasteiger partial charge is 0.508 e. The van der Waals surface area contributed by atoms with Gasteiger partial charge in [0.2, 0.25) is 0 Å². The van der Waals surface area contributed by atoms with E-state index in [2.05, 4.69) is 26.0 Å². The van der Waals surface area contributed by atoms with Gasteiger partial charge in [-0.1, -0.05) is 26.0 Å². The molecule has 4 fully saturated rings. The minimum Gasteiger partial charge on any atom is -0.508 e. The summed E-state index contributed by atoms with van der Waals surface area (Å²) >= 11 is 0. The molecule has 2 aromatic carbocycles. The molecule has 0 radical (unpaired) electrons. The van der Waals surface area contributed by atoms with Crippen molar-refractivity contribution < 1.29 is 29.9 Å². The molecule has 0 bridgehead atoms. The van der Waals surface area contributed by atoms with Gasteiger partial charge < -0.3 is 29.9 Å². The van der Waals surface area contributed by atoms with Gasteiger partial charge in [0.15, 0.2) is 0 Å². The molecule has 6 aliphatic carbocycles. The first-order valence-corrected chi connectivity index (χ1v) is 17.1. The minimum atomic E-state index is -0.232. The van der Waals surface area contributed by atoms with E-state index >= 15 is 0 Å². The van der Waals surface area contributed by atoms with Crippen LogP contribution in [0.2, 0.25) is 0 Å². The summed E-state index contributed by atoms with van der Waals surface area (Å²) in [5.74, 6) is 3.97. The summed E-state index contributed by atoms with van der Waals surface area (Å²) in [6.45, 7) is 4.54. The third-order valence-electron chi connectivity index (χ3n) is 13.9. The highest BCUT2D eigenvalue weighted by Crippen LogP contribution is 2.63. The van der Waals surface area contributed by atoms with E-state index in [4.69, 9.17) is 9.47 Å². The average Bonchev–Trinajstić information content (AvgIpc) is 3.44. The average molecular weight is 605 g/mol. The Bertz CT molecular complexity index is 1270. The van der Waals surface area contributed by atoms with Crippen LogP contribution in [0.1, 0.15) is 99.3 Å². The summed E-state index contributed by atoms with van der Waals surface area (Å²) in [5, 5.41) is 40.7. The van der Waals surface area contributed by atoms with Crippen LogP contribution in [0.4, 0.5) is 0 Å².